The van der Waals surface area contributed by atoms with Gasteiger partial charge in [0.15, 0.2) is 0 Å². The molecule has 0 spiro atoms. The summed E-state index contributed by atoms with van der Waals surface area (Å²) >= 11 is 0. The quantitative estimate of drug-likeness (QED) is 0.897. The Balaban J connectivity index is 2.09. The molecule has 5 nitrogen and oxygen atoms in total. The van der Waals surface area contributed by atoms with E-state index < -0.39 is 0 Å². The van der Waals surface area contributed by atoms with E-state index in [1.807, 2.05) is 6.92 Å². The van der Waals surface area contributed by atoms with Crippen molar-refractivity contribution in [1.29, 1.82) is 0 Å². The van der Waals surface area contributed by atoms with Crippen molar-refractivity contribution >= 4 is 5.95 Å². The van der Waals surface area contributed by atoms with Gasteiger partial charge in [-0.05, 0) is 39.8 Å². The predicted octanol–water partition coefficient (Wildman–Crippen LogP) is 2.15. The molecular formula is C15H28N4O. The third kappa shape index (κ3) is 3.52. The van der Waals surface area contributed by atoms with Crippen LogP contribution < -0.4 is 5.32 Å². The monoisotopic (exact) mass is 280 g/mol. The molecule has 3 unspecified atom stereocenters. The van der Waals surface area contributed by atoms with E-state index in [1.54, 1.807) is 7.11 Å². The Kier molecular flexibility index (Phi) is 5.05. The average Bonchev–Trinajstić information content (AvgIpc) is 2.74. The van der Waals surface area contributed by atoms with Gasteiger partial charge in [-0.25, -0.2) is 4.98 Å². The molecular weight excluding hydrogens is 252 g/mol. The van der Waals surface area contributed by atoms with Crippen molar-refractivity contribution in [3.8, 4) is 0 Å². The maximum atomic E-state index is 5.26. The summed E-state index contributed by atoms with van der Waals surface area (Å²) < 4.78 is 7.46. The maximum Gasteiger partial charge on any atom is 0.203 e. The SMILES string of the molecule is COCC(C)n1cc(C)nc1NC1CCN(C)CC1C. The molecule has 114 valence electrons. The second kappa shape index (κ2) is 6.59. The Hall–Kier alpha value is -1.07. The van der Waals surface area contributed by atoms with Gasteiger partial charge in [-0.3, -0.25) is 0 Å². The number of methoxy groups -OCH3 is 1. The number of imidazole rings is 1. The third-order valence-corrected chi connectivity index (χ3v) is 4.16. The lowest BCUT2D eigenvalue weighted by atomic mass is 9.94. The average molecular weight is 280 g/mol. The van der Waals surface area contributed by atoms with Gasteiger partial charge in [0.2, 0.25) is 5.95 Å². The van der Waals surface area contributed by atoms with E-state index in [1.165, 1.54) is 6.42 Å². The van der Waals surface area contributed by atoms with Crippen LogP contribution in [0, 0.1) is 12.8 Å². The predicted molar refractivity (Wildman–Crippen MR) is 82.2 cm³/mol. The van der Waals surface area contributed by atoms with Crippen LogP contribution in [-0.2, 0) is 4.74 Å². The highest BCUT2D eigenvalue weighted by Gasteiger charge is 2.25. The topological polar surface area (TPSA) is 42.3 Å². The van der Waals surface area contributed by atoms with Gasteiger partial charge in [0.1, 0.15) is 0 Å². The minimum absolute atomic E-state index is 0.297. The number of rotatable bonds is 5. The van der Waals surface area contributed by atoms with E-state index in [4.69, 9.17) is 4.74 Å². The fourth-order valence-electron chi connectivity index (χ4n) is 3.01. The van der Waals surface area contributed by atoms with E-state index in [2.05, 4.69) is 46.9 Å². The van der Waals surface area contributed by atoms with Crippen LogP contribution in [0.1, 0.15) is 32.0 Å². The zero-order chi connectivity index (χ0) is 14.7. The first kappa shape index (κ1) is 15.3. The summed E-state index contributed by atoms with van der Waals surface area (Å²) in [7, 11) is 3.94. The molecule has 20 heavy (non-hydrogen) atoms. The molecule has 2 rings (SSSR count). The van der Waals surface area contributed by atoms with Crippen molar-refractivity contribution in [2.24, 2.45) is 5.92 Å². The van der Waals surface area contributed by atoms with Crippen molar-refractivity contribution in [2.75, 3.05) is 39.2 Å². The van der Waals surface area contributed by atoms with E-state index in [0.717, 1.165) is 24.7 Å². The van der Waals surface area contributed by atoms with E-state index >= 15 is 0 Å². The minimum atomic E-state index is 0.297. The van der Waals surface area contributed by atoms with Crippen LogP contribution in [0.25, 0.3) is 0 Å². The number of anilines is 1. The summed E-state index contributed by atoms with van der Waals surface area (Å²) in [5.74, 6) is 1.62. The summed E-state index contributed by atoms with van der Waals surface area (Å²) in [6, 6.07) is 0.798. The minimum Gasteiger partial charge on any atom is -0.383 e. The van der Waals surface area contributed by atoms with Crippen molar-refractivity contribution in [3.05, 3.63) is 11.9 Å². The summed E-state index contributed by atoms with van der Waals surface area (Å²) in [4.78, 5) is 7.04. The molecule has 0 aromatic carbocycles. The van der Waals surface area contributed by atoms with Gasteiger partial charge in [0.05, 0.1) is 18.3 Å². The molecule has 0 saturated carbocycles. The molecule has 1 fully saturated rings. The van der Waals surface area contributed by atoms with Crippen LogP contribution in [0.2, 0.25) is 0 Å². The van der Waals surface area contributed by atoms with Gasteiger partial charge in [-0.2, -0.15) is 0 Å². The van der Waals surface area contributed by atoms with E-state index in [0.29, 0.717) is 24.6 Å². The summed E-state index contributed by atoms with van der Waals surface area (Å²) in [6.45, 7) is 9.51. The van der Waals surface area contributed by atoms with Crippen LogP contribution in [0.15, 0.2) is 6.20 Å². The fourth-order valence-corrected chi connectivity index (χ4v) is 3.01. The fraction of sp³-hybridized carbons (Fsp3) is 0.800. The molecule has 2 heterocycles. The highest BCUT2D eigenvalue weighted by atomic mass is 16.5. The number of likely N-dealkylation sites (tertiary alicyclic amines) is 1. The number of hydrogen-bond donors (Lipinski definition) is 1. The van der Waals surface area contributed by atoms with E-state index in [9.17, 15) is 0 Å². The lowest BCUT2D eigenvalue weighted by Crippen LogP contribution is -2.43. The number of aromatic nitrogens is 2. The summed E-state index contributed by atoms with van der Waals surface area (Å²) in [5, 5.41) is 3.65. The van der Waals surface area contributed by atoms with Crippen LogP contribution in [0.5, 0.6) is 0 Å². The molecule has 0 amide bonds. The molecule has 0 aliphatic carbocycles. The van der Waals surface area contributed by atoms with Gasteiger partial charge in [-0.1, -0.05) is 6.92 Å². The largest absolute Gasteiger partial charge is 0.383 e. The number of hydrogen-bond acceptors (Lipinski definition) is 4. The Morgan fingerprint density at radius 3 is 2.95 bits per heavy atom. The Labute approximate surface area is 122 Å². The lowest BCUT2D eigenvalue weighted by molar-refractivity contribution is 0.162. The van der Waals surface area contributed by atoms with Crippen LogP contribution in [0.4, 0.5) is 5.95 Å². The molecule has 3 atom stereocenters. The third-order valence-electron chi connectivity index (χ3n) is 4.16. The second-order valence-corrected chi connectivity index (χ2v) is 6.20. The molecule has 1 N–H and O–H groups in total. The second-order valence-electron chi connectivity index (χ2n) is 6.20. The highest BCUT2D eigenvalue weighted by Crippen LogP contribution is 2.22. The van der Waals surface area contributed by atoms with Crippen molar-refractivity contribution in [3.63, 3.8) is 0 Å². The van der Waals surface area contributed by atoms with Gasteiger partial charge in [0.25, 0.3) is 0 Å². The number of ether oxygens (including phenoxy) is 1. The van der Waals surface area contributed by atoms with Gasteiger partial charge < -0.3 is 19.5 Å². The Morgan fingerprint density at radius 1 is 1.55 bits per heavy atom. The first-order chi connectivity index (χ1) is 9.51. The molecule has 0 radical (unpaired) electrons. The molecule has 1 aliphatic heterocycles. The van der Waals surface area contributed by atoms with Crippen LogP contribution >= 0.6 is 0 Å². The standard InChI is InChI=1S/C15H28N4O/c1-11-8-18(4)7-6-14(11)17-15-16-12(2)9-19(15)13(3)10-20-5/h9,11,13-14H,6-8,10H2,1-5H3,(H,16,17). The number of nitrogens with zero attached hydrogens (tertiary/aromatic N) is 3. The number of piperidine rings is 1. The molecule has 0 bridgehead atoms. The first-order valence-corrected chi connectivity index (χ1v) is 7.50. The van der Waals surface area contributed by atoms with Crippen LogP contribution in [-0.4, -0.2) is 54.3 Å². The first-order valence-electron chi connectivity index (χ1n) is 7.50. The molecule has 1 aliphatic rings. The van der Waals surface area contributed by atoms with Crippen molar-refractivity contribution in [2.45, 2.75) is 39.3 Å². The van der Waals surface area contributed by atoms with Gasteiger partial charge >= 0.3 is 0 Å². The molecule has 1 aromatic heterocycles. The normalized spacial score (nSPS) is 25.6. The summed E-state index contributed by atoms with van der Waals surface area (Å²) in [5.41, 5.74) is 1.05. The molecule has 5 heteroatoms. The van der Waals surface area contributed by atoms with Gasteiger partial charge in [-0.15, -0.1) is 0 Å². The zero-order valence-electron chi connectivity index (χ0n) is 13.4. The van der Waals surface area contributed by atoms with Crippen LogP contribution in [0.3, 0.4) is 0 Å². The number of aryl methyl sites for hydroxylation is 1. The van der Waals surface area contributed by atoms with Crippen molar-refractivity contribution < 1.29 is 4.74 Å². The van der Waals surface area contributed by atoms with Crippen molar-refractivity contribution in [1.82, 2.24) is 14.5 Å². The molecule has 1 aromatic rings. The molecule has 1 saturated heterocycles. The lowest BCUT2D eigenvalue weighted by Gasteiger charge is -2.35. The number of nitrogens with one attached hydrogen (secondary N) is 1. The highest BCUT2D eigenvalue weighted by molar-refractivity contribution is 5.31. The maximum absolute atomic E-state index is 5.26. The van der Waals surface area contributed by atoms with E-state index in [-0.39, 0.29) is 0 Å². The van der Waals surface area contributed by atoms with Gasteiger partial charge in [0, 0.05) is 25.9 Å². The summed E-state index contributed by atoms with van der Waals surface area (Å²) in [6.07, 6.45) is 3.27. The Bertz CT molecular complexity index is 432. The zero-order valence-corrected chi connectivity index (χ0v) is 13.4. The smallest absolute Gasteiger partial charge is 0.203 e. The Morgan fingerprint density at radius 2 is 2.30 bits per heavy atom.